The molecular weight excluding hydrogens is 276 g/mol. The molecule has 130 valence electrons. The van der Waals surface area contributed by atoms with Crippen LogP contribution in [0.4, 0.5) is 0 Å². The van der Waals surface area contributed by atoms with Crippen LogP contribution in [0.1, 0.15) is 96.0 Å². The number of benzene rings is 1. The molecule has 0 aliphatic rings. The van der Waals surface area contributed by atoms with Gasteiger partial charge < -0.3 is 0 Å². The van der Waals surface area contributed by atoms with Gasteiger partial charge >= 0.3 is 0 Å². The molecule has 0 aliphatic carbocycles. The van der Waals surface area contributed by atoms with Gasteiger partial charge in [0, 0.05) is 0 Å². The summed E-state index contributed by atoms with van der Waals surface area (Å²) in [6.07, 6.45) is 24.1. The van der Waals surface area contributed by atoms with Crippen molar-refractivity contribution in [2.75, 3.05) is 0 Å². The molecule has 0 atom stereocenters. The summed E-state index contributed by atoms with van der Waals surface area (Å²) >= 11 is 0. The number of hydrogen-bond donors (Lipinski definition) is 0. The fourth-order valence-corrected chi connectivity index (χ4v) is 3.17. The topological polar surface area (TPSA) is 0 Å². The molecule has 0 heterocycles. The van der Waals surface area contributed by atoms with Gasteiger partial charge in [0.2, 0.25) is 0 Å². The molecule has 0 saturated heterocycles. The SMILES string of the molecule is CC=CCCCCCCCCCCCCCCc1ccccc1. The molecule has 23 heavy (non-hydrogen) atoms. The van der Waals surface area contributed by atoms with Gasteiger partial charge in [-0.15, -0.1) is 0 Å². The van der Waals surface area contributed by atoms with Crippen molar-refractivity contribution in [2.24, 2.45) is 0 Å². The van der Waals surface area contributed by atoms with Crippen LogP contribution in [-0.2, 0) is 6.42 Å². The largest absolute Gasteiger partial charge is 0.0917 e. The molecule has 0 nitrogen and oxygen atoms in total. The minimum Gasteiger partial charge on any atom is -0.0917 e. The highest BCUT2D eigenvalue weighted by Gasteiger charge is 1.95. The monoisotopic (exact) mass is 314 g/mol. The van der Waals surface area contributed by atoms with E-state index in [1.165, 1.54) is 95.5 Å². The lowest BCUT2D eigenvalue weighted by Crippen LogP contribution is -1.86. The summed E-state index contributed by atoms with van der Waals surface area (Å²) in [6, 6.07) is 10.9. The molecular formula is C23H38. The highest BCUT2D eigenvalue weighted by Crippen LogP contribution is 2.13. The Morgan fingerprint density at radius 2 is 1.09 bits per heavy atom. The average Bonchev–Trinajstić information content (AvgIpc) is 2.59. The van der Waals surface area contributed by atoms with Crippen molar-refractivity contribution in [2.45, 2.75) is 96.8 Å². The Hall–Kier alpha value is -1.04. The van der Waals surface area contributed by atoms with Gasteiger partial charge in [-0.3, -0.25) is 0 Å². The van der Waals surface area contributed by atoms with Gasteiger partial charge in [-0.2, -0.15) is 0 Å². The number of hydrogen-bond acceptors (Lipinski definition) is 0. The third kappa shape index (κ3) is 13.1. The van der Waals surface area contributed by atoms with E-state index in [4.69, 9.17) is 0 Å². The van der Waals surface area contributed by atoms with Crippen LogP contribution in [0.3, 0.4) is 0 Å². The average molecular weight is 315 g/mol. The molecule has 0 fully saturated rings. The van der Waals surface area contributed by atoms with Gasteiger partial charge in [0.25, 0.3) is 0 Å². The molecule has 1 aromatic carbocycles. The fraction of sp³-hybridized carbons (Fsp3) is 0.652. The van der Waals surface area contributed by atoms with Crippen LogP contribution >= 0.6 is 0 Å². The van der Waals surface area contributed by atoms with E-state index in [-0.39, 0.29) is 0 Å². The molecule has 0 heteroatoms. The standard InChI is InChI=1S/C23H38/c1-2-3-4-5-6-7-8-9-10-11-12-13-14-15-17-20-23-21-18-16-19-22-23/h2-3,16,18-19,21-22H,4-15,17,20H2,1H3. The zero-order chi connectivity index (χ0) is 16.4. The first-order valence-electron chi connectivity index (χ1n) is 10.1. The molecule has 0 unspecified atom stereocenters. The zero-order valence-electron chi connectivity index (χ0n) is 15.4. The molecule has 0 N–H and O–H groups in total. The van der Waals surface area contributed by atoms with Crippen molar-refractivity contribution in [1.82, 2.24) is 0 Å². The van der Waals surface area contributed by atoms with Crippen LogP contribution in [0.15, 0.2) is 42.5 Å². The minimum atomic E-state index is 1.26. The Bertz CT molecular complexity index is 363. The first-order chi connectivity index (χ1) is 11.4. The van der Waals surface area contributed by atoms with Crippen molar-refractivity contribution < 1.29 is 0 Å². The summed E-state index contributed by atoms with van der Waals surface area (Å²) in [7, 11) is 0. The Labute approximate surface area is 145 Å². The Morgan fingerprint density at radius 1 is 0.609 bits per heavy atom. The van der Waals surface area contributed by atoms with Gasteiger partial charge in [-0.05, 0) is 38.2 Å². The maximum absolute atomic E-state index is 2.29. The zero-order valence-corrected chi connectivity index (χ0v) is 15.4. The Kier molecular flexibility index (Phi) is 13.8. The second kappa shape index (κ2) is 15.8. The third-order valence-electron chi connectivity index (χ3n) is 4.66. The van der Waals surface area contributed by atoms with E-state index in [0.717, 1.165) is 0 Å². The molecule has 1 aromatic rings. The van der Waals surface area contributed by atoms with E-state index in [2.05, 4.69) is 49.4 Å². The summed E-state index contributed by atoms with van der Waals surface area (Å²) in [5.41, 5.74) is 1.50. The second-order valence-corrected chi connectivity index (χ2v) is 6.84. The first kappa shape index (κ1) is 20.0. The summed E-state index contributed by atoms with van der Waals surface area (Å²) in [5.74, 6) is 0. The van der Waals surface area contributed by atoms with Gasteiger partial charge in [-0.1, -0.05) is 107 Å². The quantitative estimate of drug-likeness (QED) is 0.228. The second-order valence-electron chi connectivity index (χ2n) is 6.84. The predicted molar refractivity (Wildman–Crippen MR) is 105 cm³/mol. The normalized spacial score (nSPS) is 11.3. The first-order valence-corrected chi connectivity index (χ1v) is 10.1. The lowest BCUT2D eigenvalue weighted by molar-refractivity contribution is 0.541. The van der Waals surface area contributed by atoms with Crippen LogP contribution < -0.4 is 0 Å². The highest BCUT2D eigenvalue weighted by atomic mass is 14.0. The van der Waals surface area contributed by atoms with E-state index < -0.39 is 0 Å². The number of unbranched alkanes of at least 4 members (excludes halogenated alkanes) is 12. The summed E-state index contributed by atoms with van der Waals surface area (Å²) in [6.45, 7) is 2.11. The third-order valence-corrected chi connectivity index (χ3v) is 4.66. The summed E-state index contributed by atoms with van der Waals surface area (Å²) < 4.78 is 0. The lowest BCUT2D eigenvalue weighted by atomic mass is 10.0. The van der Waals surface area contributed by atoms with Crippen molar-refractivity contribution >= 4 is 0 Å². The maximum Gasteiger partial charge on any atom is -0.0279 e. The molecule has 0 amide bonds. The van der Waals surface area contributed by atoms with Crippen LogP contribution in [0.5, 0.6) is 0 Å². The number of aryl methyl sites for hydroxylation is 1. The molecule has 1 rings (SSSR count). The summed E-state index contributed by atoms with van der Waals surface area (Å²) in [5, 5.41) is 0. The predicted octanol–water partition coefficient (Wildman–Crippen LogP) is 7.88. The molecule has 0 aromatic heterocycles. The Balaban J connectivity index is 1.73. The van der Waals surface area contributed by atoms with Crippen LogP contribution in [-0.4, -0.2) is 0 Å². The van der Waals surface area contributed by atoms with Crippen LogP contribution in [0.25, 0.3) is 0 Å². The van der Waals surface area contributed by atoms with Crippen LogP contribution in [0.2, 0.25) is 0 Å². The Morgan fingerprint density at radius 3 is 1.61 bits per heavy atom. The van der Waals surface area contributed by atoms with E-state index in [1.54, 1.807) is 0 Å². The van der Waals surface area contributed by atoms with E-state index in [1.807, 2.05) is 0 Å². The molecule has 0 radical (unpaired) electrons. The van der Waals surface area contributed by atoms with E-state index in [0.29, 0.717) is 0 Å². The summed E-state index contributed by atoms with van der Waals surface area (Å²) in [4.78, 5) is 0. The van der Waals surface area contributed by atoms with Crippen molar-refractivity contribution in [3.05, 3.63) is 48.0 Å². The molecule has 0 bridgehead atoms. The van der Waals surface area contributed by atoms with Gasteiger partial charge in [-0.25, -0.2) is 0 Å². The molecule has 0 spiro atoms. The lowest BCUT2D eigenvalue weighted by Gasteiger charge is -2.03. The van der Waals surface area contributed by atoms with E-state index >= 15 is 0 Å². The molecule has 0 aliphatic heterocycles. The minimum absolute atomic E-state index is 1.26. The fourth-order valence-electron chi connectivity index (χ4n) is 3.17. The molecule has 0 saturated carbocycles. The highest BCUT2D eigenvalue weighted by molar-refractivity contribution is 5.14. The van der Waals surface area contributed by atoms with Gasteiger partial charge in [0.1, 0.15) is 0 Å². The van der Waals surface area contributed by atoms with E-state index in [9.17, 15) is 0 Å². The van der Waals surface area contributed by atoms with Crippen molar-refractivity contribution in [3.63, 3.8) is 0 Å². The number of rotatable bonds is 15. The van der Waals surface area contributed by atoms with Crippen LogP contribution in [0, 0.1) is 0 Å². The number of allylic oxidation sites excluding steroid dienone is 2. The van der Waals surface area contributed by atoms with Crippen molar-refractivity contribution in [3.8, 4) is 0 Å². The van der Waals surface area contributed by atoms with Crippen molar-refractivity contribution in [1.29, 1.82) is 0 Å². The maximum atomic E-state index is 2.29. The van der Waals surface area contributed by atoms with Gasteiger partial charge in [0.15, 0.2) is 0 Å². The smallest absolute Gasteiger partial charge is 0.0279 e. The van der Waals surface area contributed by atoms with Gasteiger partial charge in [0.05, 0.1) is 0 Å².